The average molecular weight is 672 g/mol. The van der Waals surface area contributed by atoms with Crippen LogP contribution in [0.1, 0.15) is 79.6 Å². The van der Waals surface area contributed by atoms with Gasteiger partial charge in [0, 0.05) is 56.6 Å². The summed E-state index contributed by atoms with van der Waals surface area (Å²) in [7, 11) is 1.98. The Morgan fingerprint density at radius 1 is 0.917 bits per heavy atom. The number of nitrogens with zero attached hydrogens (tertiary/aromatic N) is 2. The number of carbonyl (C=O) groups excluding carboxylic acids is 2. The molecule has 5 rings (SSSR count). The number of aliphatic hydroxyl groups excluding tert-OH is 1. The van der Waals surface area contributed by atoms with Gasteiger partial charge in [-0.2, -0.15) is 0 Å². The molecule has 3 aromatic carbocycles. The van der Waals surface area contributed by atoms with Crippen LogP contribution in [0.25, 0.3) is 0 Å². The number of nitrogens with two attached hydrogens (primary N) is 1. The molecule has 4 aromatic rings. The first kappa shape index (κ1) is 35.2. The number of thioether (sulfide) groups is 1. The molecule has 0 aliphatic carbocycles. The molecule has 1 aliphatic heterocycles. The number of benzene rings is 3. The number of nitrogens with one attached hydrogen (secondary N) is 2. The van der Waals surface area contributed by atoms with Crippen molar-refractivity contribution < 1.29 is 24.2 Å². The second kappa shape index (κ2) is 17.8. The normalized spacial score (nSPS) is 17.6. The Bertz CT molecular complexity index is 1610. The van der Waals surface area contributed by atoms with Crippen LogP contribution < -0.4 is 16.4 Å². The summed E-state index contributed by atoms with van der Waals surface area (Å²) in [5, 5.41) is 16.3. The summed E-state index contributed by atoms with van der Waals surface area (Å²) in [4.78, 5) is 29.1. The second-order valence-electron chi connectivity index (χ2n) is 12.0. The Morgan fingerprint density at radius 3 is 2.29 bits per heavy atom. The van der Waals surface area contributed by atoms with E-state index in [9.17, 15) is 14.7 Å². The molecule has 0 spiro atoms. The third-order valence-corrected chi connectivity index (χ3v) is 9.51. The van der Waals surface area contributed by atoms with Crippen LogP contribution in [-0.2, 0) is 39.3 Å². The van der Waals surface area contributed by atoms with E-state index < -0.39 is 6.29 Å². The van der Waals surface area contributed by atoms with E-state index in [0.29, 0.717) is 37.2 Å². The number of carbonyl (C=O) groups is 2. The minimum Gasteiger partial charge on any atom is -0.397 e. The van der Waals surface area contributed by atoms with Crippen molar-refractivity contribution in [1.82, 2.24) is 14.9 Å². The number of aryl methyl sites for hydroxylation is 1. The van der Waals surface area contributed by atoms with Gasteiger partial charge in [0.2, 0.25) is 11.8 Å². The molecule has 2 heterocycles. The Hall–Kier alpha value is -4.16. The minimum atomic E-state index is -0.542. The molecule has 1 aliphatic rings. The minimum absolute atomic E-state index is 0.00125. The molecule has 0 radical (unpaired) electrons. The molecule has 0 bridgehead atoms. The van der Waals surface area contributed by atoms with Gasteiger partial charge in [-0.15, -0.1) is 0 Å². The number of hydrogen-bond donors (Lipinski definition) is 4. The highest BCUT2D eigenvalue weighted by atomic mass is 32.2. The van der Waals surface area contributed by atoms with Gasteiger partial charge in [0.05, 0.1) is 30.2 Å². The molecule has 48 heavy (non-hydrogen) atoms. The molecule has 1 fully saturated rings. The van der Waals surface area contributed by atoms with Crippen molar-refractivity contribution in [1.29, 1.82) is 0 Å². The van der Waals surface area contributed by atoms with Crippen molar-refractivity contribution in [2.24, 2.45) is 7.05 Å². The fourth-order valence-electron chi connectivity index (χ4n) is 5.51. The highest BCUT2D eigenvalue weighted by molar-refractivity contribution is 7.99. The quantitative estimate of drug-likeness (QED) is 0.0607. The van der Waals surface area contributed by atoms with Gasteiger partial charge in [0.25, 0.3) is 0 Å². The topological polar surface area (TPSA) is 141 Å². The fourth-order valence-corrected chi connectivity index (χ4v) is 6.46. The molecule has 11 heteroatoms. The van der Waals surface area contributed by atoms with Crippen molar-refractivity contribution in [2.45, 2.75) is 81.8 Å². The highest BCUT2D eigenvalue weighted by Gasteiger charge is 2.32. The first-order valence-electron chi connectivity index (χ1n) is 16.5. The van der Waals surface area contributed by atoms with Crippen LogP contribution in [0.3, 0.4) is 0 Å². The zero-order valence-corrected chi connectivity index (χ0v) is 28.2. The Balaban J connectivity index is 1.05. The number of imidazole rings is 1. The lowest BCUT2D eigenvalue weighted by Crippen LogP contribution is -2.31. The summed E-state index contributed by atoms with van der Waals surface area (Å²) < 4.78 is 14.9. The molecule has 2 amide bonds. The van der Waals surface area contributed by atoms with Gasteiger partial charge in [0.1, 0.15) is 0 Å². The third-order valence-electron chi connectivity index (χ3n) is 8.32. The molecule has 5 N–H and O–H groups in total. The van der Waals surface area contributed by atoms with Crippen molar-refractivity contribution in [2.75, 3.05) is 16.8 Å². The van der Waals surface area contributed by atoms with Gasteiger partial charge in [-0.1, -0.05) is 85.3 Å². The summed E-state index contributed by atoms with van der Waals surface area (Å²) in [6.45, 7) is 0.443. The zero-order chi connectivity index (χ0) is 33.7. The van der Waals surface area contributed by atoms with Crippen molar-refractivity contribution >= 4 is 35.0 Å². The van der Waals surface area contributed by atoms with Crippen molar-refractivity contribution in [3.05, 3.63) is 107 Å². The number of amides is 2. The van der Waals surface area contributed by atoms with Crippen molar-refractivity contribution in [3.63, 3.8) is 0 Å². The predicted molar refractivity (Wildman–Crippen MR) is 188 cm³/mol. The number of unbranched alkanes of at least 4 members (excludes halogenated alkanes) is 3. The standard InChI is InChI=1S/C37H45N5O5S/c1-42-21-20-39-37(42)48-25-30-22-33(28-16-14-27(24-43)15-17-28)47-36(46-30)29-18-12-26(13-19-29)23-40-34(44)10-4-2-3-5-11-35(45)41-32-9-7-6-8-31(32)38/h6-9,12-21,30,33,36,43H,2-5,10-11,22-25,38H2,1H3,(H,40,44)(H,41,45). The molecule has 254 valence electrons. The highest BCUT2D eigenvalue weighted by Crippen LogP contribution is 2.39. The van der Waals surface area contributed by atoms with Crippen LogP contribution in [0.2, 0.25) is 0 Å². The fraction of sp³-hybridized carbons (Fsp3) is 0.378. The Morgan fingerprint density at radius 2 is 1.60 bits per heavy atom. The Kier molecular flexibility index (Phi) is 13.1. The van der Waals surface area contributed by atoms with Gasteiger partial charge < -0.3 is 35.5 Å². The molecule has 1 saturated heterocycles. The number of hydrogen-bond acceptors (Lipinski definition) is 8. The number of nitrogen functional groups attached to an aromatic ring is 1. The van der Waals surface area contributed by atoms with Crippen LogP contribution in [0, 0.1) is 0 Å². The smallest absolute Gasteiger partial charge is 0.224 e. The molecule has 10 nitrogen and oxygen atoms in total. The molecular weight excluding hydrogens is 627 g/mol. The predicted octanol–water partition coefficient (Wildman–Crippen LogP) is 6.43. The summed E-state index contributed by atoms with van der Waals surface area (Å²) in [5.41, 5.74) is 10.9. The lowest BCUT2D eigenvalue weighted by molar-refractivity contribution is -0.245. The monoisotopic (exact) mass is 671 g/mol. The van der Waals surface area contributed by atoms with E-state index in [4.69, 9.17) is 15.2 Å². The number of aliphatic hydroxyl groups is 1. The van der Waals surface area contributed by atoms with Gasteiger partial charge in [-0.05, 0) is 41.7 Å². The maximum Gasteiger partial charge on any atom is 0.224 e. The van der Waals surface area contributed by atoms with Gasteiger partial charge >= 0.3 is 0 Å². The van der Waals surface area contributed by atoms with Crippen LogP contribution in [0.4, 0.5) is 11.4 Å². The number of para-hydroxylation sites is 2. The van der Waals surface area contributed by atoms with Crippen LogP contribution in [-0.4, -0.2) is 38.3 Å². The number of anilines is 2. The lowest BCUT2D eigenvalue weighted by atomic mass is 10.0. The van der Waals surface area contributed by atoms with Crippen molar-refractivity contribution in [3.8, 4) is 0 Å². The van der Waals surface area contributed by atoms with Crippen LogP contribution in [0.5, 0.6) is 0 Å². The number of rotatable bonds is 16. The largest absolute Gasteiger partial charge is 0.397 e. The number of ether oxygens (including phenoxy) is 2. The average Bonchev–Trinajstić information content (AvgIpc) is 3.53. The lowest BCUT2D eigenvalue weighted by Gasteiger charge is -2.36. The molecule has 3 unspecified atom stereocenters. The molecule has 1 aromatic heterocycles. The number of aromatic nitrogens is 2. The van der Waals surface area contributed by atoms with E-state index in [2.05, 4.69) is 15.6 Å². The Labute approximate surface area is 286 Å². The zero-order valence-electron chi connectivity index (χ0n) is 27.3. The maximum absolute atomic E-state index is 12.5. The summed E-state index contributed by atoms with van der Waals surface area (Å²) in [5.74, 6) is 0.698. The summed E-state index contributed by atoms with van der Waals surface area (Å²) >= 11 is 1.66. The van der Waals surface area contributed by atoms with E-state index in [1.54, 1.807) is 30.1 Å². The van der Waals surface area contributed by atoms with E-state index in [1.807, 2.05) is 78.5 Å². The van der Waals surface area contributed by atoms with E-state index in [0.717, 1.165) is 58.8 Å². The third kappa shape index (κ3) is 10.4. The summed E-state index contributed by atoms with van der Waals surface area (Å²) in [6, 6.07) is 23.1. The van der Waals surface area contributed by atoms with Gasteiger partial charge in [-0.3, -0.25) is 9.59 Å². The molecule has 3 atom stereocenters. The SMILES string of the molecule is Cn1ccnc1SCC1CC(c2ccc(CO)cc2)OC(c2ccc(CNC(=O)CCCCCCC(=O)Nc3ccccc3N)cc2)O1. The molecule has 0 saturated carbocycles. The van der Waals surface area contributed by atoms with E-state index >= 15 is 0 Å². The van der Waals surface area contributed by atoms with Crippen LogP contribution in [0.15, 0.2) is 90.3 Å². The second-order valence-corrected chi connectivity index (χ2v) is 13.0. The molecular formula is C37H45N5O5S. The first-order valence-corrected chi connectivity index (χ1v) is 17.5. The van der Waals surface area contributed by atoms with E-state index in [1.165, 1.54) is 0 Å². The summed E-state index contributed by atoms with van der Waals surface area (Å²) in [6.07, 6.45) is 7.86. The maximum atomic E-state index is 12.5. The first-order chi connectivity index (χ1) is 23.4. The van der Waals surface area contributed by atoms with Gasteiger partial charge in [0.15, 0.2) is 11.4 Å². The van der Waals surface area contributed by atoms with Crippen LogP contribution >= 0.6 is 11.8 Å². The van der Waals surface area contributed by atoms with Gasteiger partial charge in [-0.25, -0.2) is 4.98 Å². The van der Waals surface area contributed by atoms with E-state index in [-0.39, 0.29) is 30.6 Å².